The quantitative estimate of drug-likeness (QED) is 0.0504. The number of hydrogen-bond donors (Lipinski definition) is 7. The Morgan fingerprint density at radius 3 is 1.86 bits per heavy atom. The van der Waals surface area contributed by atoms with Gasteiger partial charge in [0.15, 0.2) is 5.96 Å². The van der Waals surface area contributed by atoms with Gasteiger partial charge in [0.1, 0.15) is 18.4 Å². The molecule has 10 N–H and O–H groups in total. The van der Waals surface area contributed by atoms with Crippen LogP contribution >= 0.6 is 0 Å². The molecule has 3 aromatic rings. The summed E-state index contributed by atoms with van der Waals surface area (Å²) in [7, 11) is 0. The van der Waals surface area contributed by atoms with Gasteiger partial charge in [-0.25, -0.2) is 0 Å². The number of rotatable bonds is 16. The molecule has 0 radical (unpaired) electrons. The number of aliphatic imine (C=N–C) groups is 1. The van der Waals surface area contributed by atoms with Gasteiger partial charge in [-0.05, 0) is 45.6 Å². The van der Waals surface area contributed by atoms with E-state index in [-0.39, 0.29) is 42.6 Å². The number of aromatic nitrogens is 1. The number of aldehydes is 1. The van der Waals surface area contributed by atoms with E-state index in [4.69, 9.17) is 22.0 Å². The SMILES string of the molecule is CC(=O)NC(CCCN=C(N)N)C(=O)Nc1c(C(=O)NC(CCC(=O)O)C(N)=O)c(-c2ccccc2)n(C(C)C)c1-c1ccccc1.CC=O. The molecule has 0 saturated carbocycles. The number of benzene rings is 2. The van der Waals surface area contributed by atoms with Crippen LogP contribution in [0.3, 0.4) is 0 Å². The molecule has 0 aliphatic rings. The summed E-state index contributed by atoms with van der Waals surface area (Å²) in [6, 6.07) is 15.6. The molecule has 2 atom stereocenters. The van der Waals surface area contributed by atoms with Crippen LogP contribution in [-0.2, 0) is 24.0 Å². The summed E-state index contributed by atoms with van der Waals surface area (Å²) >= 11 is 0. The second kappa shape index (κ2) is 19.7. The van der Waals surface area contributed by atoms with Crippen molar-refractivity contribution < 1.29 is 33.9 Å². The summed E-state index contributed by atoms with van der Waals surface area (Å²) in [6.07, 6.45) is 0.639. The Bertz CT molecular complexity index is 1670. The van der Waals surface area contributed by atoms with Crippen LogP contribution in [0, 0.1) is 0 Å². The molecular formula is C35H46N8O7. The van der Waals surface area contributed by atoms with Gasteiger partial charge in [0.25, 0.3) is 5.91 Å². The van der Waals surface area contributed by atoms with Gasteiger partial charge in [-0.2, -0.15) is 0 Å². The molecule has 1 aromatic heterocycles. The smallest absolute Gasteiger partial charge is 0.303 e. The Labute approximate surface area is 290 Å². The van der Waals surface area contributed by atoms with Crippen LogP contribution in [0.15, 0.2) is 65.7 Å². The zero-order chi connectivity index (χ0) is 37.4. The molecule has 50 heavy (non-hydrogen) atoms. The zero-order valence-corrected chi connectivity index (χ0v) is 28.6. The van der Waals surface area contributed by atoms with Gasteiger partial charge in [-0.1, -0.05) is 60.7 Å². The highest BCUT2D eigenvalue weighted by molar-refractivity contribution is 6.14. The number of hydrogen-bond acceptors (Lipinski definition) is 7. The summed E-state index contributed by atoms with van der Waals surface area (Å²) in [5, 5.41) is 17.4. The third kappa shape index (κ3) is 11.6. The van der Waals surface area contributed by atoms with E-state index in [1.807, 2.05) is 66.9 Å². The van der Waals surface area contributed by atoms with Crippen LogP contribution in [-0.4, -0.2) is 70.1 Å². The van der Waals surface area contributed by atoms with Crippen LogP contribution < -0.4 is 33.2 Å². The van der Waals surface area contributed by atoms with Crippen molar-refractivity contribution in [1.29, 1.82) is 0 Å². The van der Waals surface area contributed by atoms with Crippen molar-refractivity contribution in [3.63, 3.8) is 0 Å². The van der Waals surface area contributed by atoms with Crippen molar-refractivity contribution in [2.75, 3.05) is 11.9 Å². The van der Waals surface area contributed by atoms with Crippen LogP contribution in [0.2, 0.25) is 0 Å². The molecule has 0 aliphatic heterocycles. The number of primary amides is 1. The molecule has 3 rings (SSSR count). The highest BCUT2D eigenvalue weighted by Gasteiger charge is 2.34. The maximum absolute atomic E-state index is 14.3. The number of carboxylic acid groups (broad SMARTS) is 1. The summed E-state index contributed by atoms with van der Waals surface area (Å²) in [5.74, 6) is -3.98. The van der Waals surface area contributed by atoms with E-state index in [0.717, 1.165) is 6.29 Å². The molecule has 4 amide bonds. The maximum atomic E-state index is 14.3. The van der Waals surface area contributed by atoms with Crippen molar-refractivity contribution in [3.8, 4) is 22.5 Å². The lowest BCUT2D eigenvalue weighted by Gasteiger charge is -2.20. The number of nitrogens with zero attached hydrogens (tertiary/aromatic N) is 2. The summed E-state index contributed by atoms with van der Waals surface area (Å²) in [4.78, 5) is 76.8. The monoisotopic (exact) mass is 690 g/mol. The number of carbonyl (C=O) groups excluding carboxylic acids is 5. The number of amides is 4. The first-order valence-corrected chi connectivity index (χ1v) is 16.0. The average molecular weight is 691 g/mol. The van der Waals surface area contributed by atoms with Gasteiger partial charge in [0, 0.05) is 31.5 Å². The lowest BCUT2D eigenvalue weighted by atomic mass is 10.0. The Morgan fingerprint density at radius 1 is 0.860 bits per heavy atom. The largest absolute Gasteiger partial charge is 0.481 e. The third-order valence-electron chi connectivity index (χ3n) is 7.23. The number of anilines is 1. The molecule has 2 unspecified atom stereocenters. The van der Waals surface area contributed by atoms with Gasteiger partial charge in [0.05, 0.1) is 22.6 Å². The average Bonchev–Trinajstić information content (AvgIpc) is 3.40. The predicted molar refractivity (Wildman–Crippen MR) is 191 cm³/mol. The molecule has 0 spiro atoms. The van der Waals surface area contributed by atoms with Crippen LogP contribution in [0.5, 0.6) is 0 Å². The molecule has 0 fully saturated rings. The lowest BCUT2D eigenvalue weighted by Crippen LogP contribution is -2.45. The second-order valence-electron chi connectivity index (χ2n) is 11.4. The van der Waals surface area contributed by atoms with E-state index in [9.17, 15) is 29.1 Å². The fourth-order valence-electron chi connectivity index (χ4n) is 5.22. The van der Waals surface area contributed by atoms with E-state index in [2.05, 4.69) is 20.9 Å². The molecular weight excluding hydrogens is 644 g/mol. The van der Waals surface area contributed by atoms with Crippen LogP contribution in [0.25, 0.3) is 22.5 Å². The number of nitrogens with two attached hydrogens (primary N) is 3. The van der Waals surface area contributed by atoms with Crippen molar-refractivity contribution in [2.24, 2.45) is 22.2 Å². The Balaban J connectivity index is 0.00000278. The van der Waals surface area contributed by atoms with E-state index < -0.39 is 48.1 Å². The van der Waals surface area contributed by atoms with E-state index >= 15 is 0 Å². The van der Waals surface area contributed by atoms with Gasteiger partial charge in [-0.15, -0.1) is 0 Å². The highest BCUT2D eigenvalue weighted by Crippen LogP contribution is 2.43. The fraction of sp³-hybridized carbons (Fsp3) is 0.343. The van der Waals surface area contributed by atoms with Gasteiger partial charge < -0.3 is 47.6 Å². The number of nitrogens with one attached hydrogen (secondary N) is 3. The summed E-state index contributed by atoms with van der Waals surface area (Å²) < 4.78 is 1.91. The molecule has 0 aliphatic carbocycles. The molecule has 268 valence electrons. The van der Waals surface area contributed by atoms with Gasteiger partial charge in [0.2, 0.25) is 17.7 Å². The minimum absolute atomic E-state index is 0.0285. The van der Waals surface area contributed by atoms with Gasteiger partial charge >= 0.3 is 5.97 Å². The first-order valence-electron chi connectivity index (χ1n) is 16.0. The first-order chi connectivity index (χ1) is 23.7. The van der Waals surface area contributed by atoms with Crippen molar-refractivity contribution in [3.05, 3.63) is 66.2 Å². The zero-order valence-electron chi connectivity index (χ0n) is 28.6. The van der Waals surface area contributed by atoms with Crippen LogP contribution in [0.4, 0.5) is 5.69 Å². The minimum atomic E-state index is -1.31. The summed E-state index contributed by atoms with van der Waals surface area (Å²) in [6.45, 7) is 6.81. The number of carboxylic acids is 1. The summed E-state index contributed by atoms with van der Waals surface area (Å²) in [5.41, 5.74) is 18.8. The predicted octanol–water partition coefficient (Wildman–Crippen LogP) is 2.55. The van der Waals surface area contributed by atoms with E-state index in [1.165, 1.54) is 13.8 Å². The first kappa shape index (κ1) is 40.2. The molecule has 2 aromatic carbocycles. The molecule has 15 heteroatoms. The van der Waals surface area contributed by atoms with Crippen LogP contribution in [0.1, 0.15) is 69.8 Å². The number of carbonyl (C=O) groups is 6. The topological polar surface area (TPSA) is 254 Å². The number of aliphatic carboxylic acids is 1. The molecule has 1 heterocycles. The Kier molecular flexibility index (Phi) is 15.9. The highest BCUT2D eigenvalue weighted by atomic mass is 16.4. The van der Waals surface area contributed by atoms with Crippen molar-refractivity contribution in [2.45, 2.75) is 71.5 Å². The number of guanidine groups is 1. The molecule has 15 nitrogen and oxygen atoms in total. The van der Waals surface area contributed by atoms with Gasteiger partial charge in [-0.3, -0.25) is 29.0 Å². The molecule has 0 saturated heterocycles. The maximum Gasteiger partial charge on any atom is 0.303 e. The molecule has 0 bridgehead atoms. The van der Waals surface area contributed by atoms with Crippen molar-refractivity contribution in [1.82, 2.24) is 15.2 Å². The lowest BCUT2D eigenvalue weighted by molar-refractivity contribution is -0.137. The standard InChI is InChI=1S/C33H42N8O6.C2H4O/c1-19(2)41-28(21-11-6-4-7-12-21)26(32(47)39-23(30(34)45)16-17-25(43)44)27(29(41)22-13-8-5-9-14-22)40-31(46)24(38-20(3)42)15-10-18-37-33(35)36;1-2-3/h4-9,11-14,19,23-24H,10,15-18H2,1-3H3,(H2,34,45)(H,38,42)(H,39,47)(H,40,46)(H,43,44)(H4,35,36,37);2H,1H3. The van der Waals surface area contributed by atoms with E-state index in [0.29, 0.717) is 28.9 Å². The normalized spacial score (nSPS) is 11.6. The second-order valence-corrected chi connectivity index (χ2v) is 11.4. The fourth-order valence-corrected chi connectivity index (χ4v) is 5.22. The third-order valence-corrected chi connectivity index (χ3v) is 7.23. The van der Waals surface area contributed by atoms with Crippen molar-refractivity contribution >= 4 is 47.5 Å². The Morgan fingerprint density at radius 2 is 1.40 bits per heavy atom. The Hall–Kier alpha value is -5.99. The van der Waals surface area contributed by atoms with E-state index in [1.54, 1.807) is 12.1 Å². The minimum Gasteiger partial charge on any atom is -0.481 e.